The van der Waals surface area contributed by atoms with E-state index < -0.39 is 0 Å². The van der Waals surface area contributed by atoms with Crippen LogP contribution in [0.25, 0.3) is 0 Å². The molecule has 1 saturated carbocycles. The van der Waals surface area contributed by atoms with Gasteiger partial charge in [0.15, 0.2) is 0 Å². The van der Waals surface area contributed by atoms with E-state index >= 15 is 0 Å². The molecule has 1 spiro atoms. The van der Waals surface area contributed by atoms with Crippen LogP contribution in [0.1, 0.15) is 49.7 Å². The third-order valence-corrected chi connectivity index (χ3v) is 7.38. The number of aromatic nitrogens is 3. The standard InChI is InChI=1S/C24H30ClN5/c1-28-10-6-24(7-11-28)8-12-29(13-9-24)22-14-23(25)26-16-21(22)5-4-20-15-27-30(18-20)17-19-2-3-19/h14-16,18-19H,2-3,6-13,17H2,1H3. The van der Waals surface area contributed by atoms with Crippen molar-refractivity contribution in [1.29, 1.82) is 0 Å². The monoisotopic (exact) mass is 423 g/mol. The maximum atomic E-state index is 6.26. The highest BCUT2D eigenvalue weighted by molar-refractivity contribution is 6.29. The largest absolute Gasteiger partial charge is 0.370 e. The molecule has 0 bridgehead atoms. The Hall–Kier alpha value is -2.03. The summed E-state index contributed by atoms with van der Waals surface area (Å²) in [6.45, 7) is 5.61. The Balaban J connectivity index is 1.30. The van der Waals surface area contributed by atoms with Crippen molar-refractivity contribution in [2.24, 2.45) is 11.3 Å². The summed E-state index contributed by atoms with van der Waals surface area (Å²) in [6.07, 6.45) is 13.5. The first-order chi connectivity index (χ1) is 14.6. The number of anilines is 1. The van der Waals surface area contributed by atoms with Crippen molar-refractivity contribution in [2.45, 2.75) is 45.1 Å². The number of piperidine rings is 2. The summed E-state index contributed by atoms with van der Waals surface area (Å²) in [5, 5.41) is 4.99. The molecule has 0 amide bonds. The van der Waals surface area contributed by atoms with Crippen molar-refractivity contribution in [2.75, 3.05) is 38.1 Å². The Labute approximate surface area is 184 Å². The van der Waals surface area contributed by atoms with Crippen LogP contribution in [0, 0.1) is 23.2 Å². The summed E-state index contributed by atoms with van der Waals surface area (Å²) in [6, 6.07) is 1.98. The molecule has 0 aromatic carbocycles. The number of rotatable bonds is 3. The van der Waals surface area contributed by atoms with Crippen molar-refractivity contribution >= 4 is 17.3 Å². The highest BCUT2D eigenvalue weighted by atomic mass is 35.5. The second-order valence-corrected chi connectivity index (χ2v) is 9.85. The zero-order valence-electron chi connectivity index (χ0n) is 17.8. The summed E-state index contributed by atoms with van der Waals surface area (Å²) < 4.78 is 2.02. The lowest BCUT2D eigenvalue weighted by Gasteiger charge is -2.47. The molecule has 2 saturated heterocycles. The highest BCUT2D eigenvalue weighted by Gasteiger charge is 2.37. The molecule has 2 aliphatic heterocycles. The lowest BCUT2D eigenvalue weighted by atomic mass is 9.71. The van der Waals surface area contributed by atoms with Gasteiger partial charge < -0.3 is 9.80 Å². The molecule has 3 aliphatic rings. The van der Waals surface area contributed by atoms with Crippen molar-refractivity contribution in [3.63, 3.8) is 0 Å². The molecule has 30 heavy (non-hydrogen) atoms. The molecule has 4 heterocycles. The summed E-state index contributed by atoms with van der Waals surface area (Å²) in [5.41, 5.74) is 3.56. The number of nitrogens with zero attached hydrogens (tertiary/aromatic N) is 5. The van der Waals surface area contributed by atoms with Crippen molar-refractivity contribution in [1.82, 2.24) is 19.7 Å². The van der Waals surface area contributed by atoms with Crippen LogP contribution in [0.2, 0.25) is 5.15 Å². The summed E-state index contributed by atoms with van der Waals surface area (Å²) >= 11 is 6.26. The van der Waals surface area contributed by atoms with Crippen LogP contribution >= 0.6 is 11.6 Å². The topological polar surface area (TPSA) is 37.2 Å². The molecule has 1 aliphatic carbocycles. The zero-order chi connectivity index (χ0) is 20.6. The van der Waals surface area contributed by atoms with Crippen LogP contribution in [-0.2, 0) is 6.54 Å². The SMILES string of the molecule is CN1CCC2(CC1)CCN(c1cc(Cl)ncc1C#Cc1cnn(CC3CC3)c1)CC2. The van der Waals surface area contributed by atoms with Gasteiger partial charge in [0.25, 0.3) is 0 Å². The maximum absolute atomic E-state index is 6.26. The van der Waals surface area contributed by atoms with Gasteiger partial charge in [0, 0.05) is 38.1 Å². The van der Waals surface area contributed by atoms with Gasteiger partial charge in [0.05, 0.1) is 23.0 Å². The van der Waals surface area contributed by atoms with Crippen LogP contribution in [-0.4, -0.2) is 52.9 Å². The van der Waals surface area contributed by atoms with Crippen LogP contribution in [0.4, 0.5) is 5.69 Å². The fourth-order valence-electron chi connectivity index (χ4n) is 4.83. The molecular formula is C24H30ClN5. The Morgan fingerprint density at radius 2 is 1.80 bits per heavy atom. The lowest BCUT2D eigenvalue weighted by Crippen LogP contribution is -2.46. The predicted octanol–water partition coefficient (Wildman–Crippen LogP) is 4.05. The summed E-state index contributed by atoms with van der Waals surface area (Å²) in [5.74, 6) is 7.44. The lowest BCUT2D eigenvalue weighted by molar-refractivity contribution is 0.0945. The maximum Gasteiger partial charge on any atom is 0.131 e. The third-order valence-electron chi connectivity index (χ3n) is 7.18. The average molecular weight is 424 g/mol. The molecule has 5 rings (SSSR count). The minimum Gasteiger partial charge on any atom is -0.370 e. The normalized spacial score (nSPS) is 21.5. The molecule has 2 aromatic heterocycles. The molecule has 3 fully saturated rings. The van der Waals surface area contributed by atoms with E-state index in [2.05, 4.69) is 45.0 Å². The van der Waals surface area contributed by atoms with E-state index in [9.17, 15) is 0 Å². The molecule has 158 valence electrons. The number of hydrogen-bond donors (Lipinski definition) is 0. The molecule has 0 unspecified atom stereocenters. The fraction of sp³-hybridized carbons (Fsp3) is 0.583. The number of hydrogen-bond acceptors (Lipinski definition) is 4. The molecule has 5 nitrogen and oxygen atoms in total. The van der Waals surface area contributed by atoms with E-state index in [-0.39, 0.29) is 0 Å². The van der Waals surface area contributed by atoms with E-state index in [1.807, 2.05) is 23.1 Å². The van der Waals surface area contributed by atoms with Gasteiger partial charge in [0.1, 0.15) is 5.15 Å². The average Bonchev–Trinajstić information content (AvgIpc) is 3.46. The van der Waals surface area contributed by atoms with Gasteiger partial charge in [-0.25, -0.2) is 4.98 Å². The molecular weight excluding hydrogens is 394 g/mol. The van der Waals surface area contributed by atoms with Crippen molar-refractivity contribution in [3.05, 3.63) is 40.9 Å². The first-order valence-electron chi connectivity index (χ1n) is 11.2. The number of likely N-dealkylation sites (tertiary alicyclic amines) is 1. The Bertz CT molecular complexity index is 949. The first kappa shape index (κ1) is 19.9. The smallest absolute Gasteiger partial charge is 0.131 e. The highest BCUT2D eigenvalue weighted by Crippen LogP contribution is 2.42. The molecule has 6 heteroatoms. The van der Waals surface area contributed by atoms with Gasteiger partial charge in [-0.15, -0.1) is 0 Å². The Kier molecular flexibility index (Phi) is 5.47. The first-order valence-corrected chi connectivity index (χ1v) is 11.6. The summed E-state index contributed by atoms with van der Waals surface area (Å²) in [4.78, 5) is 9.22. The van der Waals surface area contributed by atoms with Crippen molar-refractivity contribution < 1.29 is 0 Å². The number of pyridine rings is 1. The second-order valence-electron chi connectivity index (χ2n) is 9.46. The molecule has 0 N–H and O–H groups in total. The minimum absolute atomic E-state index is 0.530. The second kappa shape index (κ2) is 8.24. The van der Waals surface area contributed by atoms with Gasteiger partial charge >= 0.3 is 0 Å². The van der Waals surface area contributed by atoms with Gasteiger partial charge in [0.2, 0.25) is 0 Å². The van der Waals surface area contributed by atoms with Crippen molar-refractivity contribution in [3.8, 4) is 11.8 Å². The Morgan fingerprint density at radius 1 is 1.07 bits per heavy atom. The summed E-state index contributed by atoms with van der Waals surface area (Å²) in [7, 11) is 2.24. The van der Waals surface area contributed by atoms with Gasteiger partial charge in [-0.3, -0.25) is 4.68 Å². The van der Waals surface area contributed by atoms with Gasteiger partial charge in [-0.2, -0.15) is 5.10 Å². The fourth-order valence-corrected chi connectivity index (χ4v) is 4.98. The van der Waals surface area contributed by atoms with E-state index in [4.69, 9.17) is 11.6 Å². The van der Waals surface area contributed by atoms with Gasteiger partial charge in [-0.1, -0.05) is 23.4 Å². The van der Waals surface area contributed by atoms with E-state index in [1.165, 1.54) is 51.6 Å². The number of halogens is 1. The Morgan fingerprint density at radius 3 is 2.53 bits per heavy atom. The third kappa shape index (κ3) is 4.50. The van der Waals surface area contributed by atoms with E-state index in [0.717, 1.165) is 42.4 Å². The van der Waals surface area contributed by atoms with Crippen LogP contribution < -0.4 is 4.90 Å². The van der Waals surface area contributed by atoms with Crippen LogP contribution in [0.5, 0.6) is 0 Å². The van der Waals surface area contributed by atoms with Crippen LogP contribution in [0.15, 0.2) is 24.7 Å². The molecule has 0 radical (unpaired) electrons. The van der Waals surface area contributed by atoms with E-state index in [0.29, 0.717) is 10.6 Å². The van der Waals surface area contributed by atoms with E-state index in [1.54, 1.807) is 0 Å². The van der Waals surface area contributed by atoms with Crippen LogP contribution in [0.3, 0.4) is 0 Å². The molecule has 2 aromatic rings. The van der Waals surface area contributed by atoms with Gasteiger partial charge in [-0.05, 0) is 70.0 Å². The predicted molar refractivity (Wildman–Crippen MR) is 121 cm³/mol. The zero-order valence-corrected chi connectivity index (χ0v) is 18.5. The minimum atomic E-state index is 0.530. The quantitative estimate of drug-likeness (QED) is 0.551. The molecule has 0 atom stereocenters.